The first-order chi connectivity index (χ1) is 13.7. The molecule has 1 aliphatic rings. The maximum Gasteiger partial charge on any atom is 0.322 e. The van der Waals surface area contributed by atoms with E-state index in [1.165, 1.54) is 0 Å². The van der Waals surface area contributed by atoms with Gasteiger partial charge < -0.3 is 13.9 Å². The van der Waals surface area contributed by atoms with Crippen molar-refractivity contribution < 1.29 is 18.7 Å². The molecule has 144 valence electrons. The number of anilines is 1. The highest BCUT2D eigenvalue weighted by Gasteiger charge is 2.15. The SMILES string of the molecule is CCSc1cccc(C(=O)Nc2nnc(Cc3ccc4c(c3)OCCO4)o2)c1. The average molecular weight is 397 g/mol. The lowest BCUT2D eigenvalue weighted by atomic mass is 10.1. The van der Waals surface area contributed by atoms with Crippen molar-refractivity contribution in [2.75, 3.05) is 24.3 Å². The second kappa shape index (κ2) is 8.35. The third-order valence-electron chi connectivity index (χ3n) is 4.06. The van der Waals surface area contributed by atoms with Gasteiger partial charge in [0, 0.05) is 10.5 Å². The Bertz CT molecular complexity index is 989. The predicted molar refractivity (Wildman–Crippen MR) is 105 cm³/mol. The molecule has 1 aliphatic heterocycles. The highest BCUT2D eigenvalue weighted by atomic mass is 32.2. The highest BCUT2D eigenvalue weighted by Crippen LogP contribution is 2.31. The Morgan fingerprint density at radius 3 is 2.82 bits per heavy atom. The zero-order chi connectivity index (χ0) is 19.3. The number of carbonyl (C=O) groups excluding carboxylic acids is 1. The lowest BCUT2D eigenvalue weighted by molar-refractivity contribution is 0.102. The fourth-order valence-electron chi connectivity index (χ4n) is 2.81. The van der Waals surface area contributed by atoms with Gasteiger partial charge in [0.2, 0.25) is 5.89 Å². The zero-order valence-corrected chi connectivity index (χ0v) is 16.1. The first-order valence-electron chi connectivity index (χ1n) is 8.96. The van der Waals surface area contributed by atoms with Crippen LogP contribution in [0.1, 0.15) is 28.7 Å². The minimum Gasteiger partial charge on any atom is -0.486 e. The monoisotopic (exact) mass is 397 g/mol. The highest BCUT2D eigenvalue weighted by molar-refractivity contribution is 7.99. The maximum atomic E-state index is 12.4. The Hall–Kier alpha value is -3.00. The van der Waals surface area contributed by atoms with Gasteiger partial charge in [-0.1, -0.05) is 24.2 Å². The summed E-state index contributed by atoms with van der Waals surface area (Å²) >= 11 is 1.68. The number of rotatable bonds is 6. The summed E-state index contributed by atoms with van der Waals surface area (Å²) in [4.78, 5) is 13.5. The Labute approximate surface area is 166 Å². The van der Waals surface area contributed by atoms with E-state index in [1.807, 2.05) is 36.4 Å². The molecule has 4 rings (SSSR count). The summed E-state index contributed by atoms with van der Waals surface area (Å²) in [5.41, 5.74) is 1.50. The van der Waals surface area contributed by atoms with E-state index in [1.54, 1.807) is 17.8 Å². The minimum atomic E-state index is -0.284. The molecule has 0 saturated carbocycles. The number of fused-ring (bicyclic) bond motifs is 1. The van der Waals surface area contributed by atoms with Crippen molar-refractivity contribution in [2.45, 2.75) is 18.2 Å². The molecular formula is C20H19N3O4S. The van der Waals surface area contributed by atoms with Crippen molar-refractivity contribution in [2.24, 2.45) is 0 Å². The summed E-state index contributed by atoms with van der Waals surface area (Å²) in [6, 6.07) is 13.2. The number of nitrogens with zero attached hydrogens (tertiary/aromatic N) is 2. The molecule has 1 aromatic heterocycles. The number of hydrogen-bond acceptors (Lipinski definition) is 7. The third kappa shape index (κ3) is 4.28. The average Bonchev–Trinajstić information content (AvgIpc) is 3.15. The molecule has 0 radical (unpaired) electrons. The molecule has 0 fully saturated rings. The molecule has 0 spiro atoms. The van der Waals surface area contributed by atoms with Crippen LogP contribution in [0.15, 0.2) is 51.8 Å². The van der Waals surface area contributed by atoms with E-state index in [0.29, 0.717) is 36.8 Å². The zero-order valence-electron chi connectivity index (χ0n) is 15.3. The van der Waals surface area contributed by atoms with Gasteiger partial charge in [0.1, 0.15) is 13.2 Å². The smallest absolute Gasteiger partial charge is 0.322 e. The minimum absolute atomic E-state index is 0.0751. The van der Waals surface area contributed by atoms with Gasteiger partial charge in [-0.05, 0) is 41.6 Å². The summed E-state index contributed by atoms with van der Waals surface area (Å²) in [7, 11) is 0. The molecule has 3 aromatic rings. The second-order valence-corrected chi connectivity index (χ2v) is 7.41. The van der Waals surface area contributed by atoms with Gasteiger partial charge in [-0.25, -0.2) is 0 Å². The van der Waals surface area contributed by atoms with Crippen LogP contribution in [0.2, 0.25) is 0 Å². The lowest BCUT2D eigenvalue weighted by Crippen LogP contribution is -2.15. The molecule has 28 heavy (non-hydrogen) atoms. The fourth-order valence-corrected chi connectivity index (χ4v) is 3.53. The van der Waals surface area contributed by atoms with E-state index in [0.717, 1.165) is 22.0 Å². The van der Waals surface area contributed by atoms with E-state index in [4.69, 9.17) is 13.9 Å². The van der Waals surface area contributed by atoms with Crippen molar-refractivity contribution in [3.8, 4) is 11.5 Å². The number of aromatic nitrogens is 2. The predicted octanol–water partition coefficient (Wildman–Crippen LogP) is 3.80. The summed E-state index contributed by atoms with van der Waals surface area (Å²) in [6.07, 6.45) is 0.433. The number of benzene rings is 2. The molecule has 1 amide bonds. The maximum absolute atomic E-state index is 12.4. The number of hydrogen-bond donors (Lipinski definition) is 1. The van der Waals surface area contributed by atoms with Crippen molar-refractivity contribution in [3.63, 3.8) is 0 Å². The van der Waals surface area contributed by atoms with Gasteiger partial charge in [-0.3, -0.25) is 10.1 Å². The van der Waals surface area contributed by atoms with Crippen LogP contribution >= 0.6 is 11.8 Å². The van der Waals surface area contributed by atoms with E-state index < -0.39 is 0 Å². The van der Waals surface area contributed by atoms with E-state index in [9.17, 15) is 4.79 Å². The second-order valence-electron chi connectivity index (χ2n) is 6.07. The van der Waals surface area contributed by atoms with Gasteiger partial charge in [-0.2, -0.15) is 0 Å². The van der Waals surface area contributed by atoms with Crippen molar-refractivity contribution in [3.05, 3.63) is 59.5 Å². The van der Waals surface area contributed by atoms with Crippen LogP contribution < -0.4 is 14.8 Å². The fraction of sp³-hybridized carbons (Fsp3) is 0.250. The number of ether oxygens (including phenoxy) is 2. The number of amides is 1. The molecule has 7 nitrogen and oxygen atoms in total. The number of thioether (sulfide) groups is 1. The Balaban J connectivity index is 1.41. The van der Waals surface area contributed by atoms with E-state index in [-0.39, 0.29) is 11.9 Å². The molecule has 0 unspecified atom stereocenters. The molecule has 0 bridgehead atoms. The van der Waals surface area contributed by atoms with Crippen LogP contribution in [0, 0.1) is 0 Å². The van der Waals surface area contributed by atoms with E-state index in [2.05, 4.69) is 22.4 Å². The van der Waals surface area contributed by atoms with Gasteiger partial charge in [0.05, 0.1) is 6.42 Å². The summed E-state index contributed by atoms with van der Waals surface area (Å²) < 4.78 is 16.7. The van der Waals surface area contributed by atoms with Crippen LogP contribution in [0.25, 0.3) is 0 Å². The first-order valence-corrected chi connectivity index (χ1v) is 9.95. The lowest BCUT2D eigenvalue weighted by Gasteiger charge is -2.18. The number of carbonyl (C=O) groups is 1. The number of nitrogens with one attached hydrogen (secondary N) is 1. The summed E-state index contributed by atoms with van der Waals surface area (Å²) in [6.45, 7) is 3.16. The van der Waals surface area contributed by atoms with E-state index >= 15 is 0 Å². The molecule has 1 N–H and O–H groups in total. The van der Waals surface area contributed by atoms with Crippen LogP contribution in [0.3, 0.4) is 0 Å². The summed E-state index contributed by atoms with van der Waals surface area (Å²) in [5, 5.41) is 10.6. The van der Waals surface area contributed by atoms with Crippen molar-refractivity contribution >= 4 is 23.7 Å². The Morgan fingerprint density at radius 2 is 1.96 bits per heavy atom. The Morgan fingerprint density at radius 1 is 1.11 bits per heavy atom. The molecule has 8 heteroatoms. The Kier molecular flexibility index (Phi) is 5.48. The van der Waals surface area contributed by atoms with Crippen LogP contribution in [0.4, 0.5) is 6.01 Å². The quantitative estimate of drug-likeness (QED) is 0.633. The molecule has 2 heterocycles. The normalized spacial score (nSPS) is 12.6. The van der Waals surface area contributed by atoms with Crippen LogP contribution in [-0.4, -0.2) is 35.1 Å². The molecule has 0 atom stereocenters. The summed E-state index contributed by atoms with van der Waals surface area (Å²) in [5.74, 6) is 2.51. The van der Waals surface area contributed by atoms with Gasteiger partial charge >= 0.3 is 6.01 Å². The van der Waals surface area contributed by atoms with Crippen LogP contribution in [-0.2, 0) is 6.42 Å². The topological polar surface area (TPSA) is 86.5 Å². The van der Waals surface area contributed by atoms with Gasteiger partial charge in [0.15, 0.2) is 11.5 Å². The molecular weight excluding hydrogens is 378 g/mol. The van der Waals surface area contributed by atoms with Gasteiger partial charge in [-0.15, -0.1) is 16.9 Å². The standard InChI is InChI=1S/C20H19N3O4S/c1-2-28-15-5-3-4-14(12-15)19(24)21-20-23-22-18(27-20)11-13-6-7-16-17(10-13)26-9-8-25-16/h3-7,10,12H,2,8-9,11H2,1H3,(H,21,23,24). The van der Waals surface area contributed by atoms with Crippen molar-refractivity contribution in [1.29, 1.82) is 0 Å². The molecule has 2 aromatic carbocycles. The van der Waals surface area contributed by atoms with Crippen LogP contribution in [0.5, 0.6) is 11.5 Å². The van der Waals surface area contributed by atoms with Gasteiger partial charge in [0.25, 0.3) is 5.91 Å². The first kappa shape index (κ1) is 18.4. The molecule has 0 saturated heterocycles. The van der Waals surface area contributed by atoms with Crippen molar-refractivity contribution in [1.82, 2.24) is 10.2 Å². The molecule has 0 aliphatic carbocycles. The third-order valence-corrected chi connectivity index (χ3v) is 4.93. The largest absolute Gasteiger partial charge is 0.486 e.